The molecule has 0 saturated heterocycles. The Morgan fingerprint density at radius 3 is 2.68 bits per heavy atom. The first-order chi connectivity index (χ1) is 13.5. The van der Waals surface area contributed by atoms with E-state index in [4.69, 9.17) is 9.47 Å². The van der Waals surface area contributed by atoms with E-state index in [1.54, 1.807) is 18.2 Å². The van der Waals surface area contributed by atoms with Crippen molar-refractivity contribution in [2.75, 3.05) is 19.0 Å². The summed E-state index contributed by atoms with van der Waals surface area (Å²) in [7, 11) is 1.48. The number of fused-ring (bicyclic) bond motifs is 1. The van der Waals surface area contributed by atoms with Crippen LogP contribution in [-0.4, -0.2) is 36.5 Å². The number of methoxy groups -OCH3 is 1. The molecule has 1 N–H and O–H groups in total. The minimum absolute atomic E-state index is 0.0124. The average molecular weight is 383 g/mol. The van der Waals surface area contributed by atoms with Crippen molar-refractivity contribution in [2.24, 2.45) is 0 Å². The van der Waals surface area contributed by atoms with Crippen LogP contribution in [0.15, 0.2) is 42.5 Å². The van der Waals surface area contributed by atoms with Crippen LogP contribution in [-0.2, 0) is 4.79 Å². The second kappa shape index (κ2) is 8.21. The normalized spacial score (nSPS) is 16.8. The lowest BCUT2D eigenvalue weighted by Crippen LogP contribution is -2.47. The minimum Gasteiger partial charge on any atom is -0.546 e. The number of carboxylic acid groups (broad SMARTS) is 1. The number of carboxylic acids is 1. The highest BCUT2D eigenvalue weighted by atomic mass is 16.5. The zero-order chi connectivity index (χ0) is 20.3. The zero-order valence-corrected chi connectivity index (χ0v) is 16.1. The van der Waals surface area contributed by atoms with Crippen LogP contribution in [0.4, 0.5) is 5.69 Å². The molecule has 2 aromatic rings. The molecule has 1 aliphatic rings. The van der Waals surface area contributed by atoms with Crippen LogP contribution in [0.1, 0.15) is 42.4 Å². The highest BCUT2D eigenvalue weighted by molar-refractivity contribution is 6.01. The molecule has 0 aliphatic carbocycles. The van der Waals surface area contributed by atoms with Gasteiger partial charge in [0.25, 0.3) is 5.91 Å². The standard InChI is InChI=1S/C21H24N2O5/c1-4-13(2)23-20(22-16-8-6-5-7-15(16)21(23)26)14-9-10-17(18(11-14)27-3)28-12-19(24)25/h5-11,13,20,22H,4,12H2,1-3H3,(H,24,25)/p-1/t13-,20-/m1/s1. The molecular formula is C21H23N2O5-. The number of anilines is 1. The first-order valence-electron chi connectivity index (χ1n) is 9.15. The summed E-state index contributed by atoms with van der Waals surface area (Å²) in [6, 6.07) is 12.6. The lowest BCUT2D eigenvalue weighted by molar-refractivity contribution is -0.307. The van der Waals surface area contributed by atoms with Crippen LogP contribution >= 0.6 is 0 Å². The molecule has 0 radical (unpaired) electrons. The average Bonchev–Trinajstić information content (AvgIpc) is 2.71. The Labute approximate surface area is 163 Å². The molecule has 148 valence electrons. The molecule has 7 heteroatoms. The number of hydrogen-bond acceptors (Lipinski definition) is 6. The van der Waals surface area contributed by atoms with E-state index in [0.29, 0.717) is 17.1 Å². The maximum atomic E-state index is 13.2. The summed E-state index contributed by atoms with van der Waals surface area (Å²) in [6.07, 6.45) is 0.414. The number of carbonyl (C=O) groups is 2. The second-order valence-electron chi connectivity index (χ2n) is 6.63. The highest BCUT2D eigenvalue weighted by Gasteiger charge is 2.35. The Bertz CT molecular complexity index is 883. The van der Waals surface area contributed by atoms with Crippen molar-refractivity contribution >= 4 is 17.6 Å². The minimum atomic E-state index is -1.31. The van der Waals surface area contributed by atoms with E-state index in [-0.39, 0.29) is 18.1 Å². The van der Waals surface area contributed by atoms with Gasteiger partial charge in [-0.2, -0.15) is 0 Å². The second-order valence-corrected chi connectivity index (χ2v) is 6.63. The molecule has 0 aromatic heterocycles. The predicted octanol–water partition coefficient (Wildman–Crippen LogP) is 2.19. The van der Waals surface area contributed by atoms with Crippen molar-refractivity contribution in [3.05, 3.63) is 53.6 Å². The molecule has 3 rings (SSSR count). The Hall–Kier alpha value is -3.22. The fourth-order valence-electron chi connectivity index (χ4n) is 3.27. The number of nitrogens with one attached hydrogen (secondary N) is 1. The van der Waals surface area contributed by atoms with Crippen molar-refractivity contribution in [1.29, 1.82) is 0 Å². The third-order valence-corrected chi connectivity index (χ3v) is 4.88. The Morgan fingerprint density at radius 1 is 1.25 bits per heavy atom. The number of ether oxygens (including phenoxy) is 2. The Balaban J connectivity index is 2.00. The fourth-order valence-corrected chi connectivity index (χ4v) is 3.27. The van der Waals surface area contributed by atoms with Gasteiger partial charge >= 0.3 is 0 Å². The topological polar surface area (TPSA) is 90.9 Å². The van der Waals surface area contributed by atoms with Gasteiger partial charge in [-0.15, -0.1) is 0 Å². The number of amides is 1. The highest BCUT2D eigenvalue weighted by Crippen LogP contribution is 2.38. The van der Waals surface area contributed by atoms with Gasteiger partial charge in [0.15, 0.2) is 11.5 Å². The van der Waals surface area contributed by atoms with Crippen molar-refractivity contribution < 1.29 is 24.2 Å². The molecule has 0 fully saturated rings. The van der Waals surface area contributed by atoms with Gasteiger partial charge in [0.2, 0.25) is 0 Å². The van der Waals surface area contributed by atoms with E-state index in [9.17, 15) is 14.7 Å². The van der Waals surface area contributed by atoms with Crippen LogP contribution < -0.4 is 19.9 Å². The summed E-state index contributed by atoms with van der Waals surface area (Å²) in [5, 5.41) is 14.1. The molecule has 0 unspecified atom stereocenters. The zero-order valence-electron chi connectivity index (χ0n) is 16.1. The van der Waals surface area contributed by atoms with Gasteiger partial charge in [-0.25, -0.2) is 0 Å². The van der Waals surface area contributed by atoms with Gasteiger partial charge in [0.1, 0.15) is 12.8 Å². The van der Waals surface area contributed by atoms with E-state index in [1.807, 2.05) is 43.0 Å². The largest absolute Gasteiger partial charge is 0.546 e. The van der Waals surface area contributed by atoms with E-state index in [2.05, 4.69) is 5.32 Å². The summed E-state index contributed by atoms with van der Waals surface area (Å²) in [5.74, 6) is -0.667. The molecule has 28 heavy (non-hydrogen) atoms. The van der Waals surface area contributed by atoms with Gasteiger partial charge in [-0.3, -0.25) is 4.79 Å². The Kier molecular flexibility index (Phi) is 5.73. The Morgan fingerprint density at radius 2 is 2.00 bits per heavy atom. The molecule has 0 spiro atoms. The molecular weight excluding hydrogens is 360 g/mol. The van der Waals surface area contributed by atoms with Gasteiger partial charge < -0.3 is 29.6 Å². The SMILES string of the molecule is CC[C@@H](C)N1C(=O)c2ccccc2N[C@H]1c1ccc(OCC(=O)[O-])c(OC)c1. The van der Waals surface area contributed by atoms with Crippen LogP contribution in [0.3, 0.4) is 0 Å². The van der Waals surface area contributed by atoms with Gasteiger partial charge in [0.05, 0.1) is 18.6 Å². The van der Waals surface area contributed by atoms with Crippen molar-refractivity contribution in [2.45, 2.75) is 32.5 Å². The first kappa shape index (κ1) is 19.5. The third kappa shape index (κ3) is 3.74. The first-order valence-corrected chi connectivity index (χ1v) is 9.15. The number of aliphatic carboxylic acids is 1. The van der Waals surface area contributed by atoms with E-state index in [1.165, 1.54) is 7.11 Å². The maximum absolute atomic E-state index is 13.2. The summed E-state index contributed by atoms with van der Waals surface area (Å²) in [4.78, 5) is 25.6. The smallest absolute Gasteiger partial charge is 0.258 e. The molecule has 1 amide bonds. The quantitative estimate of drug-likeness (QED) is 0.788. The van der Waals surface area contributed by atoms with Crippen molar-refractivity contribution in [3.8, 4) is 11.5 Å². The molecule has 2 atom stereocenters. The fraction of sp³-hybridized carbons (Fsp3) is 0.333. The molecule has 1 aliphatic heterocycles. The van der Waals surface area contributed by atoms with E-state index in [0.717, 1.165) is 17.7 Å². The predicted molar refractivity (Wildman–Crippen MR) is 102 cm³/mol. The summed E-state index contributed by atoms with van der Waals surface area (Å²) >= 11 is 0. The summed E-state index contributed by atoms with van der Waals surface area (Å²) in [5.41, 5.74) is 2.22. The van der Waals surface area contributed by atoms with Crippen molar-refractivity contribution in [3.63, 3.8) is 0 Å². The summed E-state index contributed by atoms with van der Waals surface area (Å²) < 4.78 is 10.6. The van der Waals surface area contributed by atoms with Crippen molar-refractivity contribution in [1.82, 2.24) is 4.90 Å². The summed E-state index contributed by atoms with van der Waals surface area (Å²) in [6.45, 7) is 3.48. The lowest BCUT2D eigenvalue weighted by atomic mass is 10.0. The van der Waals surface area contributed by atoms with Gasteiger partial charge in [-0.05, 0) is 43.2 Å². The molecule has 2 aromatic carbocycles. The maximum Gasteiger partial charge on any atom is 0.258 e. The lowest BCUT2D eigenvalue weighted by Gasteiger charge is -2.41. The van der Waals surface area contributed by atoms with Crippen LogP contribution in [0, 0.1) is 0 Å². The number of carbonyl (C=O) groups excluding carboxylic acids is 2. The number of nitrogens with zero attached hydrogens (tertiary/aromatic N) is 1. The van der Waals surface area contributed by atoms with Crippen LogP contribution in [0.2, 0.25) is 0 Å². The van der Waals surface area contributed by atoms with Gasteiger partial charge in [-0.1, -0.05) is 25.1 Å². The molecule has 1 heterocycles. The number of para-hydroxylation sites is 1. The molecule has 7 nitrogen and oxygen atoms in total. The molecule has 0 saturated carbocycles. The molecule has 0 bridgehead atoms. The van der Waals surface area contributed by atoms with Crippen LogP contribution in [0.5, 0.6) is 11.5 Å². The number of rotatable bonds is 7. The van der Waals surface area contributed by atoms with E-state index < -0.39 is 12.6 Å². The van der Waals surface area contributed by atoms with Gasteiger partial charge in [0, 0.05) is 11.7 Å². The number of hydrogen-bond donors (Lipinski definition) is 1. The van der Waals surface area contributed by atoms with E-state index >= 15 is 0 Å². The monoisotopic (exact) mass is 383 g/mol. The van der Waals surface area contributed by atoms with Crippen LogP contribution in [0.25, 0.3) is 0 Å². The third-order valence-electron chi connectivity index (χ3n) is 4.88. The number of benzene rings is 2.